The molecule has 0 heterocycles. The fraction of sp³-hybridized carbons (Fsp3) is 0.500. The van der Waals surface area contributed by atoms with Crippen molar-refractivity contribution in [1.29, 1.82) is 0 Å². The molecule has 0 unspecified atom stereocenters. The molecule has 0 spiro atoms. The number of hydrogen-bond donors (Lipinski definition) is 2. The molecule has 90 valence electrons. The standard InChI is InChI=1S/C12H18FNO2/c1-3-14(6-7-15)12-5-4-10(13)8-11(12)9(2)16/h4-5,8-9,15-16H,3,6-7H2,1-2H3/t9-/m0/s1. The van der Waals surface area contributed by atoms with Gasteiger partial charge in [-0.25, -0.2) is 4.39 Å². The van der Waals surface area contributed by atoms with Crippen LogP contribution in [-0.2, 0) is 0 Å². The van der Waals surface area contributed by atoms with Crippen molar-refractivity contribution in [3.05, 3.63) is 29.6 Å². The molecule has 0 fully saturated rings. The van der Waals surface area contributed by atoms with Crippen molar-refractivity contribution in [2.24, 2.45) is 0 Å². The van der Waals surface area contributed by atoms with Gasteiger partial charge in [-0.1, -0.05) is 0 Å². The van der Waals surface area contributed by atoms with Crippen molar-refractivity contribution >= 4 is 5.69 Å². The second-order valence-corrected chi connectivity index (χ2v) is 3.68. The van der Waals surface area contributed by atoms with E-state index in [9.17, 15) is 9.50 Å². The lowest BCUT2D eigenvalue weighted by molar-refractivity contribution is 0.199. The van der Waals surface area contributed by atoms with Gasteiger partial charge in [0, 0.05) is 24.3 Å². The number of anilines is 1. The summed E-state index contributed by atoms with van der Waals surface area (Å²) in [5, 5.41) is 18.5. The van der Waals surface area contributed by atoms with Gasteiger partial charge < -0.3 is 15.1 Å². The summed E-state index contributed by atoms with van der Waals surface area (Å²) in [6.45, 7) is 4.76. The summed E-state index contributed by atoms with van der Waals surface area (Å²) in [6.07, 6.45) is -0.724. The molecule has 2 N–H and O–H groups in total. The smallest absolute Gasteiger partial charge is 0.123 e. The Morgan fingerprint density at radius 2 is 2.12 bits per heavy atom. The number of benzene rings is 1. The van der Waals surface area contributed by atoms with Crippen LogP contribution < -0.4 is 4.90 Å². The fourth-order valence-corrected chi connectivity index (χ4v) is 1.72. The number of halogens is 1. The zero-order valence-electron chi connectivity index (χ0n) is 9.65. The van der Waals surface area contributed by atoms with E-state index in [1.807, 2.05) is 11.8 Å². The molecule has 1 aromatic carbocycles. The van der Waals surface area contributed by atoms with Crippen molar-refractivity contribution in [1.82, 2.24) is 0 Å². The Labute approximate surface area is 95.1 Å². The molecule has 16 heavy (non-hydrogen) atoms. The Hall–Kier alpha value is -1.13. The molecule has 1 aromatic rings. The van der Waals surface area contributed by atoms with Gasteiger partial charge in [0.25, 0.3) is 0 Å². The Balaban J connectivity index is 3.09. The van der Waals surface area contributed by atoms with E-state index in [0.717, 1.165) is 5.69 Å². The third-order valence-electron chi connectivity index (χ3n) is 2.53. The van der Waals surface area contributed by atoms with Gasteiger partial charge >= 0.3 is 0 Å². The molecule has 0 bridgehead atoms. The number of hydrogen-bond acceptors (Lipinski definition) is 3. The average Bonchev–Trinajstić information content (AvgIpc) is 2.26. The summed E-state index contributed by atoms with van der Waals surface area (Å²) in [6, 6.07) is 4.33. The highest BCUT2D eigenvalue weighted by atomic mass is 19.1. The monoisotopic (exact) mass is 227 g/mol. The van der Waals surface area contributed by atoms with Crippen LogP contribution in [0, 0.1) is 5.82 Å². The van der Waals surface area contributed by atoms with E-state index in [2.05, 4.69) is 0 Å². The maximum absolute atomic E-state index is 13.1. The van der Waals surface area contributed by atoms with Gasteiger partial charge in [0.05, 0.1) is 12.7 Å². The van der Waals surface area contributed by atoms with Crippen LogP contribution in [0.25, 0.3) is 0 Å². The molecule has 0 radical (unpaired) electrons. The summed E-state index contributed by atoms with van der Waals surface area (Å²) in [7, 11) is 0. The molecule has 4 heteroatoms. The molecule has 0 aliphatic rings. The van der Waals surface area contributed by atoms with Crippen LogP contribution in [0.15, 0.2) is 18.2 Å². The van der Waals surface area contributed by atoms with E-state index in [1.54, 1.807) is 13.0 Å². The maximum atomic E-state index is 13.1. The van der Waals surface area contributed by atoms with Gasteiger partial charge in [-0.15, -0.1) is 0 Å². The lowest BCUT2D eigenvalue weighted by Crippen LogP contribution is -2.27. The third kappa shape index (κ3) is 2.93. The summed E-state index contributed by atoms with van der Waals surface area (Å²) in [5.41, 5.74) is 1.32. The SMILES string of the molecule is CCN(CCO)c1ccc(F)cc1[C@H](C)O. The highest BCUT2D eigenvalue weighted by Crippen LogP contribution is 2.27. The zero-order chi connectivity index (χ0) is 12.1. The first-order valence-corrected chi connectivity index (χ1v) is 5.43. The van der Waals surface area contributed by atoms with E-state index >= 15 is 0 Å². The van der Waals surface area contributed by atoms with Gasteiger partial charge in [0.1, 0.15) is 5.82 Å². The van der Waals surface area contributed by atoms with Crippen LogP contribution in [0.5, 0.6) is 0 Å². The lowest BCUT2D eigenvalue weighted by atomic mass is 10.1. The molecule has 1 rings (SSSR count). The number of nitrogens with zero attached hydrogens (tertiary/aromatic N) is 1. The summed E-state index contributed by atoms with van der Waals surface area (Å²) in [5.74, 6) is -0.361. The van der Waals surface area contributed by atoms with Crippen molar-refractivity contribution in [2.75, 3.05) is 24.6 Å². The van der Waals surface area contributed by atoms with Crippen LogP contribution in [0.3, 0.4) is 0 Å². The first kappa shape index (κ1) is 12.9. The predicted molar refractivity (Wildman–Crippen MR) is 62.0 cm³/mol. The first-order chi connectivity index (χ1) is 7.60. The van der Waals surface area contributed by atoms with E-state index < -0.39 is 6.10 Å². The van der Waals surface area contributed by atoms with E-state index in [1.165, 1.54) is 12.1 Å². The maximum Gasteiger partial charge on any atom is 0.123 e. The second-order valence-electron chi connectivity index (χ2n) is 3.68. The highest BCUT2D eigenvalue weighted by Gasteiger charge is 2.13. The Kier molecular flexibility index (Phi) is 4.71. The molecule has 0 aromatic heterocycles. The van der Waals surface area contributed by atoms with E-state index in [-0.39, 0.29) is 12.4 Å². The zero-order valence-corrected chi connectivity index (χ0v) is 9.65. The summed E-state index contributed by atoms with van der Waals surface area (Å²) >= 11 is 0. The second kappa shape index (κ2) is 5.82. The quantitative estimate of drug-likeness (QED) is 0.804. The molecular weight excluding hydrogens is 209 g/mol. The van der Waals surface area contributed by atoms with Gasteiger partial charge in [0.2, 0.25) is 0 Å². The minimum Gasteiger partial charge on any atom is -0.395 e. The van der Waals surface area contributed by atoms with Crippen LogP contribution in [-0.4, -0.2) is 29.9 Å². The molecule has 0 saturated heterocycles. The third-order valence-corrected chi connectivity index (χ3v) is 2.53. The van der Waals surface area contributed by atoms with Crippen molar-refractivity contribution < 1.29 is 14.6 Å². The number of rotatable bonds is 5. The molecule has 3 nitrogen and oxygen atoms in total. The molecular formula is C12H18FNO2. The minimum absolute atomic E-state index is 0.0322. The number of likely N-dealkylation sites (N-methyl/N-ethyl adjacent to an activating group) is 1. The van der Waals surface area contributed by atoms with Gasteiger partial charge in [-0.05, 0) is 32.0 Å². The summed E-state index contributed by atoms with van der Waals surface area (Å²) in [4.78, 5) is 1.90. The molecule has 0 aliphatic heterocycles. The van der Waals surface area contributed by atoms with Crippen LogP contribution in [0.4, 0.5) is 10.1 Å². The van der Waals surface area contributed by atoms with Crippen LogP contribution in [0.1, 0.15) is 25.5 Å². The molecule has 1 atom stereocenters. The normalized spacial score (nSPS) is 12.6. The highest BCUT2D eigenvalue weighted by molar-refractivity contribution is 5.54. The Morgan fingerprint density at radius 1 is 1.44 bits per heavy atom. The van der Waals surface area contributed by atoms with Crippen LogP contribution >= 0.6 is 0 Å². The predicted octanol–water partition coefficient (Wildman–Crippen LogP) is 1.70. The van der Waals surface area contributed by atoms with Crippen LogP contribution in [0.2, 0.25) is 0 Å². The fourth-order valence-electron chi connectivity index (χ4n) is 1.72. The van der Waals surface area contributed by atoms with E-state index in [4.69, 9.17) is 5.11 Å². The molecule has 0 saturated carbocycles. The average molecular weight is 227 g/mol. The largest absolute Gasteiger partial charge is 0.395 e. The van der Waals surface area contributed by atoms with Crippen molar-refractivity contribution in [2.45, 2.75) is 20.0 Å². The van der Waals surface area contributed by atoms with Gasteiger partial charge in [-0.3, -0.25) is 0 Å². The molecule has 0 amide bonds. The lowest BCUT2D eigenvalue weighted by Gasteiger charge is -2.25. The van der Waals surface area contributed by atoms with Crippen molar-refractivity contribution in [3.63, 3.8) is 0 Å². The first-order valence-electron chi connectivity index (χ1n) is 5.43. The summed E-state index contributed by atoms with van der Waals surface area (Å²) < 4.78 is 13.1. The Bertz CT molecular complexity index is 342. The minimum atomic E-state index is -0.724. The topological polar surface area (TPSA) is 43.7 Å². The van der Waals surface area contributed by atoms with E-state index in [0.29, 0.717) is 18.7 Å². The molecule has 0 aliphatic carbocycles. The number of aliphatic hydroxyl groups excluding tert-OH is 2. The van der Waals surface area contributed by atoms with Gasteiger partial charge in [0.15, 0.2) is 0 Å². The number of aliphatic hydroxyl groups is 2. The Morgan fingerprint density at radius 3 is 2.62 bits per heavy atom. The van der Waals surface area contributed by atoms with Crippen molar-refractivity contribution in [3.8, 4) is 0 Å². The van der Waals surface area contributed by atoms with Gasteiger partial charge in [-0.2, -0.15) is 0 Å².